The van der Waals surface area contributed by atoms with Crippen LogP contribution in [0.1, 0.15) is 67.7 Å². The molecule has 29 heavy (non-hydrogen) atoms. The molecule has 0 radical (unpaired) electrons. The van der Waals surface area contributed by atoms with E-state index in [0.717, 1.165) is 37.2 Å². The number of aliphatic imine (C=N–C) groups is 1. The summed E-state index contributed by atoms with van der Waals surface area (Å²) in [7, 11) is 0. The first kappa shape index (κ1) is 25.1. The average Bonchev–Trinajstić information content (AvgIpc) is 2.80. The van der Waals surface area contributed by atoms with Crippen LogP contribution >= 0.6 is 0 Å². The fourth-order valence-corrected chi connectivity index (χ4v) is 3.85. The van der Waals surface area contributed by atoms with Crippen molar-refractivity contribution in [3.8, 4) is 0 Å². The molecule has 0 fully saturated rings. The number of carbonyl (C=O) groups excluding carboxylic acids is 1. The van der Waals surface area contributed by atoms with Crippen LogP contribution in [0.5, 0.6) is 0 Å². The molecule has 164 valence electrons. The van der Waals surface area contributed by atoms with Crippen LogP contribution in [-0.4, -0.2) is 40.6 Å². The summed E-state index contributed by atoms with van der Waals surface area (Å²) in [5, 5.41) is 12.2. The van der Waals surface area contributed by atoms with Crippen molar-refractivity contribution in [2.24, 2.45) is 16.3 Å². The molecule has 3 atom stereocenters. The maximum atomic E-state index is 11.5. The molecule has 6 nitrogen and oxygen atoms in total. The number of nitrogens with zero attached hydrogens (tertiary/aromatic N) is 2. The van der Waals surface area contributed by atoms with Gasteiger partial charge in [0.05, 0.1) is 6.17 Å². The molecule has 0 spiro atoms. The molecule has 0 saturated carbocycles. The zero-order valence-corrected chi connectivity index (χ0v) is 19.2. The average molecular weight is 405 g/mol. The van der Waals surface area contributed by atoms with E-state index in [1.165, 1.54) is 6.08 Å². The summed E-state index contributed by atoms with van der Waals surface area (Å²) in [6, 6.07) is 0.147. The Kier molecular flexibility index (Phi) is 10.3. The van der Waals surface area contributed by atoms with Crippen molar-refractivity contribution in [1.82, 2.24) is 15.7 Å². The predicted molar refractivity (Wildman–Crippen MR) is 121 cm³/mol. The zero-order valence-electron chi connectivity index (χ0n) is 19.2. The zero-order chi connectivity index (χ0) is 22.0. The number of hydrogen-bond acceptors (Lipinski definition) is 4. The van der Waals surface area contributed by atoms with Gasteiger partial charge in [-0.1, -0.05) is 46.8 Å². The van der Waals surface area contributed by atoms with Crippen LogP contribution in [-0.2, 0) is 4.79 Å². The van der Waals surface area contributed by atoms with E-state index in [-0.39, 0.29) is 12.2 Å². The third-order valence-electron chi connectivity index (χ3n) is 4.73. The molecular formula is C23H40N4O2. The number of hydroxylamine groups is 1. The maximum Gasteiger partial charge on any atom is 0.267 e. The van der Waals surface area contributed by atoms with Gasteiger partial charge in [0.15, 0.2) is 0 Å². The van der Waals surface area contributed by atoms with Crippen LogP contribution in [0.4, 0.5) is 0 Å². The summed E-state index contributed by atoms with van der Waals surface area (Å²) in [5.74, 6) is 0.851. The molecule has 1 rings (SSSR count). The Hall–Kier alpha value is -1.92. The summed E-state index contributed by atoms with van der Waals surface area (Å²) in [6.45, 7) is 16.3. The Morgan fingerprint density at radius 2 is 2.03 bits per heavy atom. The molecule has 0 aromatic rings. The first-order valence-electron chi connectivity index (χ1n) is 10.7. The van der Waals surface area contributed by atoms with Gasteiger partial charge in [-0.05, 0) is 57.1 Å². The first-order valence-corrected chi connectivity index (χ1v) is 10.7. The lowest BCUT2D eigenvalue weighted by Crippen LogP contribution is -2.44. The minimum absolute atomic E-state index is 0.0655. The first-order chi connectivity index (χ1) is 13.6. The van der Waals surface area contributed by atoms with E-state index < -0.39 is 5.91 Å². The highest BCUT2D eigenvalue weighted by Gasteiger charge is 2.22. The number of carbonyl (C=O) groups is 1. The van der Waals surface area contributed by atoms with Crippen LogP contribution in [0.25, 0.3) is 0 Å². The molecule has 1 heterocycles. The van der Waals surface area contributed by atoms with Gasteiger partial charge < -0.3 is 4.90 Å². The van der Waals surface area contributed by atoms with Crippen molar-refractivity contribution >= 4 is 11.7 Å². The van der Waals surface area contributed by atoms with E-state index in [1.807, 2.05) is 0 Å². The Bertz CT molecular complexity index is 644. The topological polar surface area (TPSA) is 77.0 Å². The fourth-order valence-electron chi connectivity index (χ4n) is 3.85. The Morgan fingerprint density at radius 3 is 2.62 bits per heavy atom. The van der Waals surface area contributed by atoms with Crippen molar-refractivity contribution in [3.05, 3.63) is 36.1 Å². The minimum Gasteiger partial charge on any atom is -0.317 e. The summed E-state index contributed by atoms with van der Waals surface area (Å²) >= 11 is 0. The lowest BCUT2D eigenvalue weighted by atomic mass is 9.83. The summed E-state index contributed by atoms with van der Waals surface area (Å²) < 4.78 is 0. The molecule has 0 aliphatic carbocycles. The molecule has 6 heteroatoms. The number of hydrogen-bond donors (Lipinski definition) is 3. The highest BCUT2D eigenvalue weighted by Crippen LogP contribution is 2.27. The predicted octanol–water partition coefficient (Wildman–Crippen LogP) is 4.40. The summed E-state index contributed by atoms with van der Waals surface area (Å²) in [4.78, 5) is 18.7. The third-order valence-corrected chi connectivity index (χ3v) is 4.73. The van der Waals surface area contributed by atoms with E-state index in [1.54, 1.807) is 11.6 Å². The normalized spacial score (nSPS) is 19.8. The number of amides is 1. The SMILES string of the molecule is CCNC(C)N1C=CCC=C(/C=C/C(=O)NO)C1=NC(C)CC(C)CC(C)(C)C. The van der Waals surface area contributed by atoms with Gasteiger partial charge in [-0.3, -0.25) is 20.3 Å². The summed E-state index contributed by atoms with van der Waals surface area (Å²) in [6.07, 6.45) is 12.2. The van der Waals surface area contributed by atoms with E-state index in [4.69, 9.17) is 10.2 Å². The molecule has 3 unspecified atom stereocenters. The second-order valence-electron chi connectivity index (χ2n) is 9.14. The Morgan fingerprint density at radius 1 is 1.34 bits per heavy atom. The van der Waals surface area contributed by atoms with Crippen LogP contribution < -0.4 is 10.8 Å². The van der Waals surface area contributed by atoms with E-state index >= 15 is 0 Å². The van der Waals surface area contributed by atoms with Gasteiger partial charge in [-0.25, -0.2) is 5.48 Å². The van der Waals surface area contributed by atoms with E-state index in [9.17, 15) is 4.79 Å². The van der Waals surface area contributed by atoms with Gasteiger partial charge in [-0.15, -0.1) is 0 Å². The minimum atomic E-state index is -0.555. The second kappa shape index (κ2) is 11.9. The monoisotopic (exact) mass is 404 g/mol. The number of allylic oxidation sites excluding steroid dienone is 2. The third kappa shape index (κ3) is 9.41. The molecule has 0 saturated heterocycles. The van der Waals surface area contributed by atoms with Gasteiger partial charge >= 0.3 is 0 Å². The van der Waals surface area contributed by atoms with Crippen molar-refractivity contribution in [2.45, 2.75) is 79.9 Å². The highest BCUT2D eigenvalue weighted by atomic mass is 16.5. The van der Waals surface area contributed by atoms with Crippen molar-refractivity contribution < 1.29 is 10.0 Å². The van der Waals surface area contributed by atoms with Gasteiger partial charge in [0.25, 0.3) is 5.91 Å². The smallest absolute Gasteiger partial charge is 0.267 e. The van der Waals surface area contributed by atoms with Crippen LogP contribution in [0.2, 0.25) is 0 Å². The Balaban J connectivity index is 3.18. The number of rotatable bonds is 9. The number of amidine groups is 1. The molecule has 1 aliphatic heterocycles. The van der Waals surface area contributed by atoms with Gasteiger partial charge in [0.2, 0.25) is 0 Å². The molecule has 0 aromatic carbocycles. The number of nitrogens with one attached hydrogen (secondary N) is 2. The summed E-state index contributed by atoms with van der Waals surface area (Å²) in [5.41, 5.74) is 2.82. The van der Waals surface area contributed by atoms with Crippen molar-refractivity contribution in [2.75, 3.05) is 6.54 Å². The largest absolute Gasteiger partial charge is 0.317 e. The molecule has 3 N–H and O–H groups in total. The van der Waals surface area contributed by atoms with Crippen molar-refractivity contribution in [1.29, 1.82) is 0 Å². The van der Waals surface area contributed by atoms with Gasteiger partial charge in [-0.2, -0.15) is 0 Å². The van der Waals surface area contributed by atoms with Crippen LogP contribution in [0.3, 0.4) is 0 Å². The molecule has 1 aliphatic rings. The molecule has 0 aromatic heterocycles. The maximum absolute atomic E-state index is 11.5. The molecule has 1 amide bonds. The molecular weight excluding hydrogens is 364 g/mol. The van der Waals surface area contributed by atoms with Crippen LogP contribution in [0.15, 0.2) is 41.1 Å². The lowest BCUT2D eigenvalue weighted by Gasteiger charge is -2.31. The highest BCUT2D eigenvalue weighted by molar-refractivity contribution is 6.03. The van der Waals surface area contributed by atoms with Gasteiger partial charge in [0.1, 0.15) is 5.84 Å². The van der Waals surface area contributed by atoms with Crippen LogP contribution in [0, 0.1) is 11.3 Å². The fraction of sp³-hybridized carbons (Fsp3) is 0.652. The van der Waals surface area contributed by atoms with Crippen molar-refractivity contribution in [3.63, 3.8) is 0 Å². The lowest BCUT2D eigenvalue weighted by molar-refractivity contribution is -0.124. The Labute approximate surface area is 176 Å². The second-order valence-corrected chi connectivity index (χ2v) is 9.14. The standard InChI is InChI=1S/C23H40N4O2/c1-8-24-19(4)27-14-10-9-11-20(12-13-21(28)26-29)22(27)25-18(3)15-17(2)16-23(5,6)7/h10-14,17-19,24,29H,8-9,15-16H2,1-7H3,(H,26,28)/b13-12+,25-22?. The molecule has 0 bridgehead atoms. The quantitative estimate of drug-likeness (QED) is 0.302. The van der Waals surface area contributed by atoms with E-state index in [0.29, 0.717) is 11.3 Å². The van der Waals surface area contributed by atoms with Gasteiger partial charge in [0, 0.05) is 23.9 Å². The van der Waals surface area contributed by atoms with E-state index in [2.05, 4.69) is 77.0 Å².